The van der Waals surface area contributed by atoms with Crippen LogP contribution in [0, 0.1) is 6.92 Å². The van der Waals surface area contributed by atoms with Gasteiger partial charge in [-0.15, -0.1) is 0 Å². The summed E-state index contributed by atoms with van der Waals surface area (Å²) >= 11 is 0. The van der Waals surface area contributed by atoms with Crippen LogP contribution in [0.2, 0.25) is 0 Å². The third-order valence-corrected chi connectivity index (χ3v) is 3.32. The summed E-state index contributed by atoms with van der Waals surface area (Å²) in [5.41, 5.74) is 9.20. The fourth-order valence-electron chi connectivity index (χ4n) is 2.17. The van der Waals surface area contributed by atoms with Gasteiger partial charge < -0.3 is 10.3 Å². The molecule has 106 valence electrons. The lowest BCUT2D eigenvalue weighted by atomic mass is 10.1. The zero-order valence-corrected chi connectivity index (χ0v) is 11.7. The lowest BCUT2D eigenvalue weighted by Crippen LogP contribution is -2.13. The molecule has 0 bridgehead atoms. The summed E-state index contributed by atoms with van der Waals surface area (Å²) in [4.78, 5) is 8.46. The molecule has 2 heterocycles. The lowest BCUT2D eigenvalue weighted by molar-refractivity contribution is 0.354. The molecule has 0 radical (unpaired) electrons. The Kier molecular flexibility index (Phi) is 3.75. The van der Waals surface area contributed by atoms with E-state index in [-0.39, 0.29) is 6.04 Å². The molecule has 0 aliphatic heterocycles. The second-order valence-corrected chi connectivity index (χ2v) is 4.94. The van der Waals surface area contributed by atoms with Crippen molar-refractivity contribution < 1.29 is 4.52 Å². The van der Waals surface area contributed by atoms with Gasteiger partial charge in [0, 0.05) is 18.0 Å². The largest absolute Gasteiger partial charge is 0.337 e. The molecule has 3 aromatic rings. The highest BCUT2D eigenvalue weighted by molar-refractivity contribution is 5.57. The second-order valence-electron chi connectivity index (χ2n) is 4.94. The summed E-state index contributed by atoms with van der Waals surface area (Å²) in [6, 6.07) is 11.6. The molecular formula is C16H16N4O. The maximum Gasteiger partial charge on any atom is 0.244 e. The van der Waals surface area contributed by atoms with Crippen LogP contribution in [0.1, 0.15) is 23.1 Å². The number of aryl methyl sites for hydroxylation is 1. The standard InChI is InChI=1S/C16H16N4O/c1-11-10-18-8-7-13(11)15-19-16(21-20-15)14(17)9-12-5-3-2-4-6-12/h2-8,10,14H,9,17H2,1H3. The van der Waals surface area contributed by atoms with E-state index in [1.165, 1.54) is 0 Å². The fourth-order valence-corrected chi connectivity index (χ4v) is 2.17. The molecule has 0 amide bonds. The molecule has 5 heteroatoms. The molecule has 2 N–H and O–H groups in total. The molecule has 2 aromatic heterocycles. The molecule has 3 rings (SSSR count). The predicted molar refractivity (Wildman–Crippen MR) is 79.3 cm³/mol. The van der Waals surface area contributed by atoms with E-state index >= 15 is 0 Å². The predicted octanol–water partition coefficient (Wildman–Crippen LogP) is 2.68. The van der Waals surface area contributed by atoms with Crippen molar-refractivity contribution in [2.75, 3.05) is 0 Å². The first kappa shape index (κ1) is 13.5. The average Bonchev–Trinajstić information content (AvgIpc) is 2.98. The van der Waals surface area contributed by atoms with Gasteiger partial charge in [0.05, 0.1) is 6.04 Å². The Morgan fingerprint density at radius 3 is 2.76 bits per heavy atom. The van der Waals surface area contributed by atoms with Crippen molar-refractivity contribution in [3.63, 3.8) is 0 Å². The van der Waals surface area contributed by atoms with Crippen molar-refractivity contribution >= 4 is 0 Å². The minimum atomic E-state index is -0.309. The van der Waals surface area contributed by atoms with E-state index in [1.807, 2.05) is 43.3 Å². The SMILES string of the molecule is Cc1cnccc1-c1noc(C(N)Cc2ccccc2)n1. The first-order chi connectivity index (χ1) is 10.2. The van der Waals surface area contributed by atoms with Crippen molar-refractivity contribution in [2.45, 2.75) is 19.4 Å². The van der Waals surface area contributed by atoms with Crippen LogP contribution < -0.4 is 5.73 Å². The molecule has 0 spiro atoms. The summed E-state index contributed by atoms with van der Waals surface area (Å²) in [6.45, 7) is 1.96. The molecule has 1 atom stereocenters. The van der Waals surface area contributed by atoms with Gasteiger partial charge >= 0.3 is 0 Å². The normalized spacial score (nSPS) is 12.3. The van der Waals surface area contributed by atoms with Gasteiger partial charge in [-0.3, -0.25) is 4.98 Å². The van der Waals surface area contributed by atoms with Gasteiger partial charge in [-0.25, -0.2) is 0 Å². The van der Waals surface area contributed by atoms with Crippen LogP contribution >= 0.6 is 0 Å². The van der Waals surface area contributed by atoms with Crippen LogP contribution in [-0.4, -0.2) is 15.1 Å². The van der Waals surface area contributed by atoms with Crippen molar-refractivity contribution in [1.29, 1.82) is 0 Å². The highest BCUT2D eigenvalue weighted by atomic mass is 16.5. The Morgan fingerprint density at radius 2 is 2.00 bits per heavy atom. The van der Waals surface area contributed by atoms with Gasteiger partial charge in [0.15, 0.2) is 0 Å². The highest BCUT2D eigenvalue weighted by Gasteiger charge is 2.17. The molecule has 1 unspecified atom stereocenters. The summed E-state index contributed by atoms with van der Waals surface area (Å²) in [5, 5.41) is 4.02. The molecule has 21 heavy (non-hydrogen) atoms. The monoisotopic (exact) mass is 280 g/mol. The lowest BCUT2D eigenvalue weighted by Gasteiger charge is -2.06. The Morgan fingerprint density at radius 1 is 1.19 bits per heavy atom. The first-order valence-electron chi connectivity index (χ1n) is 6.78. The molecule has 0 saturated carbocycles. The number of pyridine rings is 1. The summed E-state index contributed by atoms with van der Waals surface area (Å²) in [7, 11) is 0. The van der Waals surface area contributed by atoms with Crippen LogP contribution in [-0.2, 0) is 6.42 Å². The second kappa shape index (κ2) is 5.85. The number of hydrogen-bond donors (Lipinski definition) is 1. The smallest absolute Gasteiger partial charge is 0.244 e. The van der Waals surface area contributed by atoms with Crippen molar-refractivity contribution in [1.82, 2.24) is 15.1 Å². The number of rotatable bonds is 4. The van der Waals surface area contributed by atoms with E-state index < -0.39 is 0 Å². The number of hydrogen-bond acceptors (Lipinski definition) is 5. The Hall–Kier alpha value is -2.53. The van der Waals surface area contributed by atoms with Crippen LogP contribution in [0.5, 0.6) is 0 Å². The molecule has 0 aliphatic carbocycles. The Balaban J connectivity index is 1.80. The molecule has 0 fully saturated rings. The minimum absolute atomic E-state index is 0.309. The van der Waals surface area contributed by atoms with Gasteiger partial charge in [0.2, 0.25) is 11.7 Å². The van der Waals surface area contributed by atoms with Gasteiger partial charge in [0.25, 0.3) is 0 Å². The fraction of sp³-hybridized carbons (Fsp3) is 0.188. The van der Waals surface area contributed by atoms with Crippen LogP contribution in [0.3, 0.4) is 0 Å². The van der Waals surface area contributed by atoms with Crippen molar-refractivity contribution in [2.24, 2.45) is 5.73 Å². The number of nitrogens with zero attached hydrogens (tertiary/aromatic N) is 3. The van der Waals surface area contributed by atoms with E-state index in [0.29, 0.717) is 18.1 Å². The zero-order chi connectivity index (χ0) is 14.7. The maximum atomic E-state index is 6.15. The third kappa shape index (κ3) is 2.98. The average molecular weight is 280 g/mol. The van der Waals surface area contributed by atoms with Crippen LogP contribution in [0.15, 0.2) is 53.3 Å². The van der Waals surface area contributed by atoms with Crippen LogP contribution in [0.25, 0.3) is 11.4 Å². The van der Waals surface area contributed by atoms with Gasteiger partial charge in [-0.1, -0.05) is 35.5 Å². The van der Waals surface area contributed by atoms with Crippen molar-refractivity contribution in [3.8, 4) is 11.4 Å². The van der Waals surface area contributed by atoms with E-state index in [0.717, 1.165) is 16.7 Å². The molecule has 0 saturated heterocycles. The minimum Gasteiger partial charge on any atom is -0.337 e. The van der Waals surface area contributed by atoms with E-state index in [1.54, 1.807) is 12.4 Å². The zero-order valence-electron chi connectivity index (χ0n) is 11.7. The topological polar surface area (TPSA) is 77.8 Å². The Labute approximate surface area is 122 Å². The Bertz CT molecular complexity index is 724. The number of nitrogens with two attached hydrogens (primary N) is 1. The first-order valence-corrected chi connectivity index (χ1v) is 6.78. The highest BCUT2D eigenvalue weighted by Crippen LogP contribution is 2.21. The van der Waals surface area contributed by atoms with Crippen molar-refractivity contribution in [3.05, 3.63) is 65.8 Å². The van der Waals surface area contributed by atoms with Crippen LogP contribution in [0.4, 0.5) is 0 Å². The van der Waals surface area contributed by atoms with Gasteiger partial charge in [-0.05, 0) is 30.5 Å². The molecule has 5 nitrogen and oxygen atoms in total. The summed E-state index contributed by atoms with van der Waals surface area (Å²) in [5.74, 6) is 0.999. The van der Waals surface area contributed by atoms with Gasteiger partial charge in [0.1, 0.15) is 0 Å². The molecule has 1 aromatic carbocycles. The summed E-state index contributed by atoms with van der Waals surface area (Å²) < 4.78 is 5.30. The molecular weight excluding hydrogens is 264 g/mol. The third-order valence-electron chi connectivity index (χ3n) is 3.32. The van der Waals surface area contributed by atoms with E-state index in [9.17, 15) is 0 Å². The number of aromatic nitrogens is 3. The quantitative estimate of drug-likeness (QED) is 0.795. The molecule has 0 aliphatic rings. The van der Waals surface area contributed by atoms with E-state index in [4.69, 9.17) is 10.3 Å². The summed E-state index contributed by atoms with van der Waals surface area (Å²) in [6.07, 6.45) is 4.15. The van der Waals surface area contributed by atoms with Gasteiger partial charge in [-0.2, -0.15) is 4.98 Å². The maximum absolute atomic E-state index is 6.15. The number of benzene rings is 1. The van der Waals surface area contributed by atoms with E-state index in [2.05, 4.69) is 15.1 Å².